The summed E-state index contributed by atoms with van der Waals surface area (Å²) in [7, 11) is 0. The van der Waals surface area contributed by atoms with Gasteiger partial charge in [-0.15, -0.1) is 0 Å². The highest BCUT2D eigenvalue weighted by Crippen LogP contribution is 2.39. The average molecular weight is 254 g/mol. The molecule has 1 rings (SSSR count). The molecule has 0 bridgehead atoms. The first kappa shape index (κ1) is 15.5. The number of rotatable bonds is 5. The van der Waals surface area contributed by atoms with Gasteiger partial charge in [0, 0.05) is 12.5 Å². The first-order valence-electron chi connectivity index (χ1n) is 7.30. The zero-order valence-corrected chi connectivity index (χ0v) is 12.5. The number of carbonyl (C=O) groups excluding carboxylic acids is 1. The molecule has 1 saturated carbocycles. The van der Waals surface area contributed by atoms with E-state index in [1.54, 1.807) is 0 Å². The highest BCUT2D eigenvalue weighted by atomic mass is 16.1. The lowest BCUT2D eigenvalue weighted by atomic mass is 9.70. The van der Waals surface area contributed by atoms with Gasteiger partial charge in [0.15, 0.2) is 0 Å². The van der Waals surface area contributed by atoms with Crippen molar-refractivity contribution in [2.75, 3.05) is 6.54 Å². The number of nitrogens with one attached hydrogen (secondary N) is 1. The molecule has 0 aromatic heterocycles. The van der Waals surface area contributed by atoms with E-state index in [2.05, 4.69) is 26.1 Å². The van der Waals surface area contributed by atoms with Crippen LogP contribution >= 0.6 is 0 Å². The molecule has 0 aromatic carbocycles. The molecular weight excluding hydrogens is 224 g/mol. The van der Waals surface area contributed by atoms with Gasteiger partial charge in [0.05, 0.1) is 0 Å². The van der Waals surface area contributed by atoms with Crippen LogP contribution in [0.3, 0.4) is 0 Å². The Morgan fingerprint density at radius 2 is 1.83 bits per heavy atom. The second-order valence-electron chi connectivity index (χ2n) is 7.06. The normalized spacial score (nSPS) is 26.9. The van der Waals surface area contributed by atoms with Crippen LogP contribution in [0.4, 0.5) is 0 Å². The smallest absolute Gasteiger partial charge is 0.218 e. The van der Waals surface area contributed by atoms with Gasteiger partial charge in [-0.3, -0.25) is 4.79 Å². The minimum absolute atomic E-state index is 0.211. The van der Waals surface area contributed by atoms with E-state index in [-0.39, 0.29) is 11.9 Å². The van der Waals surface area contributed by atoms with Gasteiger partial charge in [-0.05, 0) is 56.4 Å². The molecule has 3 nitrogen and oxygen atoms in total. The zero-order valence-electron chi connectivity index (χ0n) is 12.5. The van der Waals surface area contributed by atoms with Crippen molar-refractivity contribution in [3.63, 3.8) is 0 Å². The molecule has 0 spiro atoms. The number of hydrogen-bond acceptors (Lipinski definition) is 2. The van der Waals surface area contributed by atoms with E-state index in [9.17, 15) is 4.79 Å². The van der Waals surface area contributed by atoms with Crippen LogP contribution in [0.2, 0.25) is 0 Å². The molecule has 1 amide bonds. The van der Waals surface area contributed by atoms with E-state index < -0.39 is 0 Å². The highest BCUT2D eigenvalue weighted by Gasteiger charge is 2.29. The van der Waals surface area contributed by atoms with Crippen molar-refractivity contribution in [3.05, 3.63) is 0 Å². The topological polar surface area (TPSA) is 55.1 Å². The maximum Gasteiger partial charge on any atom is 0.218 e. The Hall–Kier alpha value is -0.570. The minimum Gasteiger partial charge on any atom is -0.370 e. The van der Waals surface area contributed by atoms with Gasteiger partial charge in [0.1, 0.15) is 0 Å². The van der Waals surface area contributed by atoms with Crippen molar-refractivity contribution in [1.29, 1.82) is 0 Å². The fraction of sp³-hybridized carbons (Fsp3) is 0.933. The Balaban J connectivity index is 2.22. The van der Waals surface area contributed by atoms with Crippen molar-refractivity contribution in [3.8, 4) is 0 Å². The maximum absolute atomic E-state index is 10.8. The van der Waals surface area contributed by atoms with Crippen LogP contribution in [0.25, 0.3) is 0 Å². The first-order valence-corrected chi connectivity index (χ1v) is 7.30. The van der Waals surface area contributed by atoms with Crippen LogP contribution < -0.4 is 11.1 Å². The van der Waals surface area contributed by atoms with E-state index in [1.165, 1.54) is 25.7 Å². The molecule has 0 saturated heterocycles. The quantitative estimate of drug-likeness (QED) is 0.792. The van der Waals surface area contributed by atoms with Crippen LogP contribution in [0.15, 0.2) is 0 Å². The SMILES string of the molecule is CC(CC(N)=O)NCC1CCC(C(C)(C)C)CC1. The Bertz CT molecular complexity index is 262. The first-order chi connectivity index (χ1) is 8.29. The van der Waals surface area contributed by atoms with Crippen molar-refractivity contribution in [2.24, 2.45) is 23.0 Å². The van der Waals surface area contributed by atoms with Gasteiger partial charge in [0.25, 0.3) is 0 Å². The van der Waals surface area contributed by atoms with Crippen molar-refractivity contribution < 1.29 is 4.79 Å². The monoisotopic (exact) mass is 254 g/mol. The van der Waals surface area contributed by atoms with Crippen molar-refractivity contribution >= 4 is 5.91 Å². The van der Waals surface area contributed by atoms with Crippen molar-refractivity contribution in [1.82, 2.24) is 5.32 Å². The average Bonchev–Trinajstić information content (AvgIpc) is 2.25. The minimum atomic E-state index is -0.216. The fourth-order valence-corrected chi connectivity index (χ4v) is 2.97. The second kappa shape index (κ2) is 6.55. The molecule has 1 aliphatic carbocycles. The van der Waals surface area contributed by atoms with Crippen LogP contribution in [0.1, 0.15) is 59.8 Å². The van der Waals surface area contributed by atoms with E-state index in [0.29, 0.717) is 11.8 Å². The number of primary amides is 1. The number of nitrogens with two attached hydrogens (primary N) is 1. The van der Waals surface area contributed by atoms with E-state index in [4.69, 9.17) is 5.73 Å². The van der Waals surface area contributed by atoms with Crippen LogP contribution in [-0.2, 0) is 4.79 Å². The third kappa shape index (κ3) is 5.38. The Morgan fingerprint density at radius 3 is 2.28 bits per heavy atom. The molecule has 0 radical (unpaired) electrons. The predicted octanol–water partition coefficient (Wildman–Crippen LogP) is 2.69. The molecule has 1 atom stereocenters. The summed E-state index contributed by atoms with van der Waals surface area (Å²) in [6.45, 7) is 10.1. The molecule has 3 heteroatoms. The standard InChI is InChI=1S/C15H30N2O/c1-11(9-14(16)18)17-10-12-5-7-13(8-6-12)15(2,3)4/h11-13,17H,5-10H2,1-4H3,(H2,16,18). The third-order valence-electron chi connectivity index (χ3n) is 4.33. The number of hydrogen-bond donors (Lipinski definition) is 2. The summed E-state index contributed by atoms with van der Waals surface area (Å²) in [6.07, 6.45) is 5.77. The fourth-order valence-electron chi connectivity index (χ4n) is 2.97. The number of amides is 1. The van der Waals surface area contributed by atoms with Gasteiger partial charge in [-0.1, -0.05) is 20.8 Å². The van der Waals surface area contributed by atoms with E-state index >= 15 is 0 Å². The molecule has 0 heterocycles. The molecule has 18 heavy (non-hydrogen) atoms. The zero-order chi connectivity index (χ0) is 13.8. The predicted molar refractivity (Wildman–Crippen MR) is 76.2 cm³/mol. The molecule has 0 aromatic rings. The molecule has 1 fully saturated rings. The van der Waals surface area contributed by atoms with E-state index in [1.807, 2.05) is 6.92 Å². The van der Waals surface area contributed by atoms with Crippen LogP contribution in [-0.4, -0.2) is 18.5 Å². The number of carbonyl (C=O) groups is 1. The Kier molecular flexibility index (Phi) is 5.64. The van der Waals surface area contributed by atoms with Gasteiger partial charge in [0.2, 0.25) is 5.91 Å². The summed E-state index contributed by atoms with van der Waals surface area (Å²) < 4.78 is 0. The van der Waals surface area contributed by atoms with Gasteiger partial charge < -0.3 is 11.1 Å². The van der Waals surface area contributed by atoms with Gasteiger partial charge in [-0.25, -0.2) is 0 Å². The largest absolute Gasteiger partial charge is 0.370 e. The Morgan fingerprint density at radius 1 is 1.28 bits per heavy atom. The summed E-state index contributed by atoms with van der Waals surface area (Å²) in [4.78, 5) is 10.8. The lowest BCUT2D eigenvalue weighted by Crippen LogP contribution is -2.36. The van der Waals surface area contributed by atoms with E-state index in [0.717, 1.165) is 18.4 Å². The summed E-state index contributed by atoms with van der Waals surface area (Å²) in [6, 6.07) is 0.211. The van der Waals surface area contributed by atoms with Crippen molar-refractivity contribution in [2.45, 2.75) is 65.8 Å². The molecule has 1 unspecified atom stereocenters. The maximum atomic E-state index is 10.8. The molecule has 0 aliphatic heterocycles. The third-order valence-corrected chi connectivity index (χ3v) is 4.33. The summed E-state index contributed by atoms with van der Waals surface area (Å²) in [5.41, 5.74) is 5.65. The Labute approximate surface area is 112 Å². The van der Waals surface area contributed by atoms with Gasteiger partial charge in [-0.2, -0.15) is 0 Å². The summed E-state index contributed by atoms with van der Waals surface area (Å²) >= 11 is 0. The lowest BCUT2D eigenvalue weighted by molar-refractivity contribution is -0.118. The molecular formula is C15H30N2O. The van der Waals surface area contributed by atoms with Crippen LogP contribution in [0, 0.1) is 17.3 Å². The molecule has 1 aliphatic rings. The molecule has 3 N–H and O–H groups in total. The summed E-state index contributed by atoms with van der Waals surface area (Å²) in [5.74, 6) is 1.43. The van der Waals surface area contributed by atoms with Crippen LogP contribution in [0.5, 0.6) is 0 Å². The molecule has 106 valence electrons. The van der Waals surface area contributed by atoms with Gasteiger partial charge >= 0.3 is 0 Å². The lowest BCUT2D eigenvalue weighted by Gasteiger charge is -2.37. The second-order valence-corrected chi connectivity index (χ2v) is 7.06. The summed E-state index contributed by atoms with van der Waals surface area (Å²) in [5, 5.41) is 3.44. The highest BCUT2D eigenvalue weighted by molar-refractivity contribution is 5.74.